The van der Waals surface area contributed by atoms with Crippen molar-refractivity contribution in [3.63, 3.8) is 0 Å². The molecule has 0 amide bonds. The highest BCUT2D eigenvalue weighted by Crippen LogP contribution is 2.35. The molecule has 0 spiro atoms. The van der Waals surface area contributed by atoms with E-state index < -0.39 is 0 Å². The molecule has 0 unspecified atom stereocenters. The lowest BCUT2D eigenvalue weighted by Gasteiger charge is -2.08. The Kier molecular flexibility index (Phi) is 5.71. The summed E-state index contributed by atoms with van der Waals surface area (Å²) in [5.74, 6) is 1.42. The molecule has 0 radical (unpaired) electrons. The molecule has 0 aromatic heterocycles. The number of carbonyl (C=O) groups is 2. The van der Waals surface area contributed by atoms with Crippen LogP contribution in [-0.4, -0.2) is 26.0 Å². The van der Waals surface area contributed by atoms with Crippen molar-refractivity contribution in [1.82, 2.24) is 0 Å². The Balaban J connectivity index is 1.45. The maximum absolute atomic E-state index is 12.7. The van der Waals surface area contributed by atoms with Crippen LogP contribution in [0.2, 0.25) is 0 Å². The SMILES string of the molecule is COC(=O)c1ccc(COc2ccc3c(c2)O/C(=C\c2cccc(OC)c2)C3=O)cc1. The van der Waals surface area contributed by atoms with Crippen molar-refractivity contribution in [2.75, 3.05) is 14.2 Å². The van der Waals surface area contributed by atoms with Gasteiger partial charge in [-0.05, 0) is 53.6 Å². The van der Waals surface area contributed by atoms with Crippen LogP contribution in [0.1, 0.15) is 31.8 Å². The van der Waals surface area contributed by atoms with Gasteiger partial charge in [-0.1, -0.05) is 24.3 Å². The first kappa shape index (κ1) is 20.2. The predicted molar refractivity (Wildman–Crippen MR) is 114 cm³/mol. The van der Waals surface area contributed by atoms with Gasteiger partial charge in [0.2, 0.25) is 5.78 Å². The van der Waals surface area contributed by atoms with Gasteiger partial charge in [0.05, 0.1) is 25.3 Å². The minimum atomic E-state index is -0.384. The molecule has 0 saturated heterocycles. The number of esters is 1. The molecule has 156 valence electrons. The molecular weight excluding hydrogens is 396 g/mol. The monoisotopic (exact) mass is 416 g/mol. The topological polar surface area (TPSA) is 71.1 Å². The molecule has 6 heteroatoms. The second-order valence-corrected chi connectivity index (χ2v) is 6.85. The highest BCUT2D eigenvalue weighted by Gasteiger charge is 2.27. The van der Waals surface area contributed by atoms with Crippen LogP contribution in [-0.2, 0) is 11.3 Å². The largest absolute Gasteiger partial charge is 0.497 e. The molecular formula is C25H20O6. The van der Waals surface area contributed by atoms with Crippen LogP contribution >= 0.6 is 0 Å². The van der Waals surface area contributed by atoms with Crippen LogP contribution < -0.4 is 14.2 Å². The van der Waals surface area contributed by atoms with E-state index in [1.54, 1.807) is 55.7 Å². The summed E-state index contributed by atoms with van der Waals surface area (Å²) < 4.78 is 21.5. The number of fused-ring (bicyclic) bond motifs is 1. The van der Waals surface area contributed by atoms with Gasteiger partial charge < -0.3 is 18.9 Å². The van der Waals surface area contributed by atoms with Crippen molar-refractivity contribution < 1.29 is 28.5 Å². The average Bonchev–Trinajstić information content (AvgIpc) is 3.12. The zero-order valence-electron chi connectivity index (χ0n) is 17.1. The second kappa shape index (κ2) is 8.75. The van der Waals surface area contributed by atoms with Gasteiger partial charge in [-0.2, -0.15) is 0 Å². The number of hydrogen-bond donors (Lipinski definition) is 0. The van der Waals surface area contributed by atoms with Gasteiger partial charge in [-0.25, -0.2) is 4.79 Å². The van der Waals surface area contributed by atoms with Crippen LogP contribution in [0.15, 0.2) is 72.5 Å². The maximum Gasteiger partial charge on any atom is 0.337 e. The Morgan fingerprint density at radius 1 is 0.968 bits per heavy atom. The van der Waals surface area contributed by atoms with E-state index in [1.165, 1.54) is 7.11 Å². The summed E-state index contributed by atoms with van der Waals surface area (Å²) in [5, 5.41) is 0. The van der Waals surface area contributed by atoms with Gasteiger partial charge in [-0.3, -0.25) is 4.79 Å². The fourth-order valence-corrected chi connectivity index (χ4v) is 3.16. The average molecular weight is 416 g/mol. The van der Waals surface area contributed by atoms with E-state index in [0.29, 0.717) is 35.0 Å². The van der Waals surface area contributed by atoms with Crippen LogP contribution in [0.25, 0.3) is 6.08 Å². The first-order valence-corrected chi connectivity index (χ1v) is 9.60. The smallest absolute Gasteiger partial charge is 0.337 e. The molecule has 0 saturated carbocycles. The van der Waals surface area contributed by atoms with Gasteiger partial charge in [0.15, 0.2) is 5.76 Å². The first-order valence-electron chi connectivity index (χ1n) is 9.60. The van der Waals surface area contributed by atoms with Crippen molar-refractivity contribution in [1.29, 1.82) is 0 Å². The van der Waals surface area contributed by atoms with E-state index in [9.17, 15) is 9.59 Å². The third-order valence-corrected chi connectivity index (χ3v) is 4.81. The molecule has 0 aliphatic carbocycles. The van der Waals surface area contributed by atoms with E-state index in [0.717, 1.165) is 11.1 Å². The molecule has 0 N–H and O–H groups in total. The van der Waals surface area contributed by atoms with Crippen LogP contribution in [0.4, 0.5) is 0 Å². The van der Waals surface area contributed by atoms with Gasteiger partial charge in [0, 0.05) is 6.07 Å². The summed E-state index contributed by atoms with van der Waals surface area (Å²) in [6, 6.07) is 19.5. The summed E-state index contributed by atoms with van der Waals surface area (Å²) in [5.41, 5.74) is 2.67. The van der Waals surface area contributed by atoms with E-state index >= 15 is 0 Å². The minimum Gasteiger partial charge on any atom is -0.497 e. The Hall–Kier alpha value is -4.06. The third-order valence-electron chi connectivity index (χ3n) is 4.81. The maximum atomic E-state index is 12.7. The zero-order valence-corrected chi connectivity index (χ0v) is 17.1. The van der Waals surface area contributed by atoms with Crippen molar-refractivity contribution in [3.05, 3.63) is 94.7 Å². The second-order valence-electron chi connectivity index (χ2n) is 6.85. The number of ether oxygens (including phenoxy) is 4. The van der Waals surface area contributed by atoms with Crippen LogP contribution in [0.5, 0.6) is 17.2 Å². The molecule has 4 rings (SSSR count). The molecule has 1 aliphatic rings. The number of methoxy groups -OCH3 is 2. The Morgan fingerprint density at radius 3 is 2.52 bits per heavy atom. The van der Waals surface area contributed by atoms with Crippen molar-refractivity contribution in [2.45, 2.75) is 6.61 Å². The summed E-state index contributed by atoms with van der Waals surface area (Å²) in [6.07, 6.45) is 1.69. The van der Waals surface area contributed by atoms with Gasteiger partial charge in [0.25, 0.3) is 0 Å². The Labute approximate surface area is 179 Å². The number of hydrogen-bond acceptors (Lipinski definition) is 6. The van der Waals surface area contributed by atoms with Crippen molar-refractivity contribution in [3.8, 4) is 17.2 Å². The number of ketones is 1. The Bertz CT molecular complexity index is 1160. The summed E-state index contributed by atoms with van der Waals surface area (Å²) in [7, 11) is 2.94. The number of benzene rings is 3. The zero-order chi connectivity index (χ0) is 21.8. The summed E-state index contributed by atoms with van der Waals surface area (Å²) in [6.45, 7) is 0.306. The number of rotatable bonds is 6. The molecule has 1 aliphatic heterocycles. The van der Waals surface area contributed by atoms with Gasteiger partial charge in [-0.15, -0.1) is 0 Å². The molecule has 6 nitrogen and oxygen atoms in total. The highest BCUT2D eigenvalue weighted by atomic mass is 16.5. The lowest BCUT2D eigenvalue weighted by molar-refractivity contribution is 0.0600. The fourth-order valence-electron chi connectivity index (χ4n) is 3.16. The third kappa shape index (κ3) is 4.43. The fraction of sp³-hybridized carbons (Fsp3) is 0.120. The lowest BCUT2D eigenvalue weighted by atomic mass is 10.1. The van der Waals surface area contributed by atoms with E-state index in [4.69, 9.17) is 18.9 Å². The molecule has 3 aromatic rings. The van der Waals surface area contributed by atoms with Gasteiger partial charge >= 0.3 is 5.97 Å². The van der Waals surface area contributed by atoms with Gasteiger partial charge in [0.1, 0.15) is 23.9 Å². The van der Waals surface area contributed by atoms with E-state index in [-0.39, 0.29) is 17.5 Å². The van der Waals surface area contributed by atoms with Crippen LogP contribution in [0, 0.1) is 0 Å². The number of carbonyl (C=O) groups excluding carboxylic acids is 2. The highest BCUT2D eigenvalue weighted by molar-refractivity contribution is 6.14. The predicted octanol–water partition coefficient (Wildman–Crippen LogP) is 4.68. The molecule has 0 atom stereocenters. The summed E-state index contributed by atoms with van der Waals surface area (Å²) >= 11 is 0. The molecule has 0 fully saturated rings. The van der Waals surface area contributed by atoms with E-state index in [1.807, 2.05) is 24.3 Å². The molecule has 31 heavy (non-hydrogen) atoms. The van der Waals surface area contributed by atoms with E-state index in [2.05, 4.69) is 0 Å². The molecule has 0 bridgehead atoms. The first-order chi connectivity index (χ1) is 15.1. The minimum absolute atomic E-state index is 0.178. The molecule has 1 heterocycles. The lowest BCUT2D eigenvalue weighted by Crippen LogP contribution is -2.02. The Morgan fingerprint density at radius 2 is 1.77 bits per heavy atom. The number of allylic oxidation sites excluding steroid dienone is 1. The molecule has 3 aromatic carbocycles. The van der Waals surface area contributed by atoms with Crippen molar-refractivity contribution >= 4 is 17.8 Å². The summed E-state index contributed by atoms with van der Waals surface area (Å²) in [4.78, 5) is 24.2. The van der Waals surface area contributed by atoms with Crippen LogP contribution in [0.3, 0.4) is 0 Å². The van der Waals surface area contributed by atoms with Crippen molar-refractivity contribution in [2.24, 2.45) is 0 Å². The standard InChI is InChI=1S/C25H20O6/c1-28-19-5-3-4-17(12-19)13-23-24(26)21-11-10-20(14-22(21)31-23)30-15-16-6-8-18(9-7-16)25(27)29-2/h3-14H,15H2,1-2H3/b23-13-. The quantitative estimate of drug-likeness (QED) is 0.429. The number of Topliss-reactive ketones (excluding diaryl/α,β-unsaturated/α-hetero) is 1. The normalized spacial score (nSPS) is 13.5.